The fourth-order valence-electron chi connectivity index (χ4n) is 2.51. The van der Waals surface area contributed by atoms with Gasteiger partial charge in [-0.1, -0.05) is 13.8 Å². The Hall–Kier alpha value is -0.820. The summed E-state index contributed by atoms with van der Waals surface area (Å²) in [6.07, 6.45) is 0.923. The predicted molar refractivity (Wildman–Crippen MR) is 83.5 cm³/mol. The highest BCUT2D eigenvalue weighted by atomic mass is 79.9. The van der Waals surface area contributed by atoms with E-state index in [1.807, 2.05) is 13.8 Å². The number of rotatable bonds is 5. The molecule has 2 rings (SSSR count). The molecule has 2 heterocycles. The number of halogens is 1. The van der Waals surface area contributed by atoms with Gasteiger partial charge in [0.25, 0.3) is 0 Å². The van der Waals surface area contributed by atoms with Crippen LogP contribution in [0.15, 0.2) is 21.2 Å². The maximum absolute atomic E-state index is 12.4. The van der Waals surface area contributed by atoms with Crippen LogP contribution in [0, 0.1) is 5.92 Å². The van der Waals surface area contributed by atoms with Crippen molar-refractivity contribution in [2.75, 3.05) is 11.5 Å². The van der Waals surface area contributed by atoms with E-state index in [1.54, 1.807) is 17.0 Å². The second-order valence-corrected chi connectivity index (χ2v) is 8.89. The molecular weight excluding hydrogens is 358 g/mol. The zero-order chi connectivity index (χ0) is 15.6. The van der Waals surface area contributed by atoms with Gasteiger partial charge in [0.05, 0.1) is 18.1 Å². The quantitative estimate of drug-likeness (QED) is 0.790. The third kappa shape index (κ3) is 4.57. The predicted octanol–water partition coefficient (Wildman–Crippen LogP) is 2.60. The first-order valence-electron chi connectivity index (χ1n) is 7.01. The van der Waals surface area contributed by atoms with Crippen molar-refractivity contribution in [1.82, 2.24) is 4.90 Å². The molecule has 1 aliphatic rings. The number of hydrogen-bond donors (Lipinski definition) is 0. The fourth-order valence-corrected chi connectivity index (χ4v) is 4.58. The molecule has 0 spiro atoms. The molecule has 1 fully saturated rings. The highest BCUT2D eigenvalue weighted by Gasteiger charge is 2.35. The lowest BCUT2D eigenvalue weighted by molar-refractivity contribution is -0.134. The maximum atomic E-state index is 12.4. The monoisotopic (exact) mass is 377 g/mol. The van der Waals surface area contributed by atoms with Crippen molar-refractivity contribution in [1.29, 1.82) is 0 Å². The van der Waals surface area contributed by atoms with Crippen LogP contribution >= 0.6 is 15.9 Å². The van der Waals surface area contributed by atoms with E-state index in [1.165, 1.54) is 0 Å². The summed E-state index contributed by atoms with van der Waals surface area (Å²) < 4.78 is 29.4. The minimum atomic E-state index is -3.02. The number of nitrogens with zero attached hydrogens (tertiary/aromatic N) is 1. The zero-order valence-corrected chi connectivity index (χ0v) is 14.6. The Morgan fingerprint density at radius 1 is 1.48 bits per heavy atom. The van der Waals surface area contributed by atoms with E-state index < -0.39 is 9.84 Å². The van der Waals surface area contributed by atoms with Gasteiger partial charge in [-0.15, -0.1) is 0 Å². The van der Waals surface area contributed by atoms with Crippen LogP contribution in [0.1, 0.15) is 32.4 Å². The highest BCUT2D eigenvalue weighted by Crippen LogP contribution is 2.23. The molecular formula is C14H20BrNO4S. The number of carbonyl (C=O) groups excluding carboxylic acids is 1. The molecule has 0 N–H and O–H groups in total. The lowest BCUT2D eigenvalue weighted by atomic mass is 10.1. The molecule has 1 aliphatic heterocycles. The SMILES string of the molecule is CC(C)CC(=O)N(Cc1ccc(Br)o1)[C@H]1CCS(=O)(=O)C1. The van der Waals surface area contributed by atoms with Crippen LogP contribution in [0.3, 0.4) is 0 Å². The highest BCUT2D eigenvalue weighted by molar-refractivity contribution is 9.10. The molecule has 0 saturated carbocycles. The molecule has 0 radical (unpaired) electrons. The molecule has 1 saturated heterocycles. The van der Waals surface area contributed by atoms with Gasteiger partial charge in [0.1, 0.15) is 5.76 Å². The van der Waals surface area contributed by atoms with Crippen molar-refractivity contribution in [3.05, 3.63) is 22.6 Å². The number of hydrogen-bond acceptors (Lipinski definition) is 4. The van der Waals surface area contributed by atoms with Gasteiger partial charge >= 0.3 is 0 Å². The van der Waals surface area contributed by atoms with Crippen LogP contribution in [-0.4, -0.2) is 36.8 Å². The standard InChI is InChI=1S/C14H20BrNO4S/c1-10(2)7-14(17)16(8-12-3-4-13(15)20-12)11-5-6-21(18,19)9-11/h3-4,10-11H,5-9H2,1-2H3/t11-/m0/s1. The Morgan fingerprint density at radius 2 is 2.19 bits per heavy atom. The van der Waals surface area contributed by atoms with Crippen LogP contribution in [0.5, 0.6) is 0 Å². The molecule has 0 aliphatic carbocycles. The first kappa shape index (κ1) is 16.5. The second-order valence-electron chi connectivity index (χ2n) is 5.88. The number of furan rings is 1. The number of amides is 1. The summed E-state index contributed by atoms with van der Waals surface area (Å²) in [5.41, 5.74) is 0. The molecule has 0 unspecified atom stereocenters. The summed E-state index contributed by atoms with van der Waals surface area (Å²) in [5.74, 6) is 1.09. The van der Waals surface area contributed by atoms with Crippen molar-refractivity contribution in [3.63, 3.8) is 0 Å². The van der Waals surface area contributed by atoms with Gasteiger partial charge < -0.3 is 9.32 Å². The van der Waals surface area contributed by atoms with Crippen LogP contribution in [-0.2, 0) is 21.2 Å². The fraction of sp³-hybridized carbons (Fsp3) is 0.643. The van der Waals surface area contributed by atoms with Gasteiger partial charge in [0.2, 0.25) is 5.91 Å². The Labute approximate surface area is 133 Å². The van der Waals surface area contributed by atoms with E-state index in [0.717, 1.165) is 0 Å². The van der Waals surface area contributed by atoms with Gasteiger partial charge in [-0.2, -0.15) is 0 Å². The van der Waals surface area contributed by atoms with Crippen molar-refractivity contribution >= 4 is 31.7 Å². The molecule has 5 nitrogen and oxygen atoms in total. The molecule has 0 bridgehead atoms. The Balaban J connectivity index is 2.16. The van der Waals surface area contributed by atoms with E-state index in [2.05, 4.69) is 15.9 Å². The van der Waals surface area contributed by atoms with Crippen LogP contribution in [0.25, 0.3) is 0 Å². The van der Waals surface area contributed by atoms with Gasteiger partial charge in [-0.25, -0.2) is 8.42 Å². The molecule has 1 aromatic rings. The van der Waals surface area contributed by atoms with E-state index in [4.69, 9.17) is 4.42 Å². The number of sulfone groups is 1. The maximum Gasteiger partial charge on any atom is 0.223 e. The van der Waals surface area contributed by atoms with Crippen molar-refractivity contribution in [3.8, 4) is 0 Å². The van der Waals surface area contributed by atoms with Crippen molar-refractivity contribution in [2.24, 2.45) is 5.92 Å². The topological polar surface area (TPSA) is 67.6 Å². The summed E-state index contributed by atoms with van der Waals surface area (Å²) in [6, 6.07) is 3.32. The first-order chi connectivity index (χ1) is 9.77. The zero-order valence-electron chi connectivity index (χ0n) is 12.2. The van der Waals surface area contributed by atoms with Gasteiger partial charge in [0.15, 0.2) is 14.5 Å². The first-order valence-corrected chi connectivity index (χ1v) is 9.62. The third-order valence-corrected chi connectivity index (χ3v) is 5.68. The van der Waals surface area contributed by atoms with Crippen molar-refractivity contribution < 1.29 is 17.6 Å². The largest absolute Gasteiger partial charge is 0.452 e. The molecule has 1 atom stereocenters. The van der Waals surface area contributed by atoms with Crippen LogP contribution in [0.4, 0.5) is 0 Å². The summed E-state index contributed by atoms with van der Waals surface area (Å²) in [4.78, 5) is 14.1. The summed E-state index contributed by atoms with van der Waals surface area (Å²) in [6.45, 7) is 4.27. The van der Waals surface area contributed by atoms with E-state index in [0.29, 0.717) is 29.8 Å². The third-order valence-electron chi connectivity index (χ3n) is 3.51. The Morgan fingerprint density at radius 3 is 2.67 bits per heavy atom. The van der Waals surface area contributed by atoms with Crippen molar-refractivity contribution in [2.45, 2.75) is 39.3 Å². The van der Waals surface area contributed by atoms with E-state index in [9.17, 15) is 13.2 Å². The van der Waals surface area contributed by atoms with Gasteiger partial charge in [-0.05, 0) is 40.4 Å². The molecule has 1 aromatic heterocycles. The Bertz CT molecular complexity index is 608. The van der Waals surface area contributed by atoms with Crippen LogP contribution in [0.2, 0.25) is 0 Å². The normalized spacial score (nSPS) is 20.9. The lowest BCUT2D eigenvalue weighted by Crippen LogP contribution is -2.41. The molecule has 118 valence electrons. The molecule has 0 aromatic carbocycles. The summed E-state index contributed by atoms with van der Waals surface area (Å²) in [5, 5.41) is 0. The average Bonchev–Trinajstić information content (AvgIpc) is 2.91. The number of carbonyl (C=O) groups is 1. The van der Waals surface area contributed by atoms with Gasteiger partial charge in [-0.3, -0.25) is 4.79 Å². The Kier molecular flexibility index (Phi) is 5.14. The van der Waals surface area contributed by atoms with Crippen LogP contribution < -0.4 is 0 Å². The average molecular weight is 378 g/mol. The summed E-state index contributed by atoms with van der Waals surface area (Å²) >= 11 is 3.24. The van der Waals surface area contributed by atoms with Gasteiger partial charge in [0, 0.05) is 12.5 Å². The summed E-state index contributed by atoms with van der Waals surface area (Å²) in [7, 11) is -3.02. The molecule has 21 heavy (non-hydrogen) atoms. The van der Waals surface area contributed by atoms with E-state index in [-0.39, 0.29) is 29.4 Å². The van der Waals surface area contributed by atoms with E-state index >= 15 is 0 Å². The molecule has 7 heteroatoms. The lowest BCUT2D eigenvalue weighted by Gasteiger charge is -2.28. The second kappa shape index (κ2) is 6.52. The molecule has 1 amide bonds. The minimum absolute atomic E-state index is 0.0142. The minimum Gasteiger partial charge on any atom is -0.452 e. The smallest absolute Gasteiger partial charge is 0.223 e.